The molecule has 0 bridgehead atoms. The SMILES string of the molecule is Oc1ccc(-c2cc(Cl)ccc2Cl)c(Cl)c1O. The van der Waals surface area contributed by atoms with E-state index in [4.69, 9.17) is 34.8 Å². The Balaban J connectivity index is 2.69. The summed E-state index contributed by atoms with van der Waals surface area (Å²) in [6.45, 7) is 0. The smallest absolute Gasteiger partial charge is 0.177 e. The Kier molecular flexibility index (Phi) is 3.38. The first kappa shape index (κ1) is 12.4. The lowest BCUT2D eigenvalue weighted by atomic mass is 10.0. The van der Waals surface area contributed by atoms with Crippen molar-refractivity contribution in [2.24, 2.45) is 0 Å². The van der Waals surface area contributed by atoms with Gasteiger partial charge in [-0.15, -0.1) is 0 Å². The van der Waals surface area contributed by atoms with Gasteiger partial charge >= 0.3 is 0 Å². The molecule has 2 nitrogen and oxygen atoms in total. The molecule has 0 atom stereocenters. The molecule has 0 unspecified atom stereocenters. The van der Waals surface area contributed by atoms with Crippen LogP contribution in [-0.2, 0) is 0 Å². The van der Waals surface area contributed by atoms with Crippen LogP contribution in [0.1, 0.15) is 0 Å². The molecule has 2 aromatic rings. The monoisotopic (exact) mass is 288 g/mol. The van der Waals surface area contributed by atoms with Gasteiger partial charge in [-0.3, -0.25) is 0 Å². The predicted molar refractivity (Wildman–Crippen MR) is 70.2 cm³/mol. The lowest BCUT2D eigenvalue weighted by molar-refractivity contribution is 0.404. The van der Waals surface area contributed by atoms with Crippen LogP contribution in [0.15, 0.2) is 30.3 Å². The number of hydrogen-bond acceptors (Lipinski definition) is 2. The summed E-state index contributed by atoms with van der Waals surface area (Å²) in [5, 5.41) is 19.9. The standard InChI is InChI=1S/C12H7Cl3O2/c13-6-1-3-9(14)8(5-6)7-2-4-10(16)12(17)11(7)15/h1-5,16-17H. The van der Waals surface area contributed by atoms with E-state index in [1.54, 1.807) is 24.3 Å². The maximum atomic E-state index is 9.55. The molecule has 0 aromatic heterocycles. The van der Waals surface area contributed by atoms with Gasteiger partial charge in [0.25, 0.3) is 0 Å². The summed E-state index contributed by atoms with van der Waals surface area (Å²) >= 11 is 17.9. The highest BCUT2D eigenvalue weighted by atomic mass is 35.5. The van der Waals surface area contributed by atoms with Crippen LogP contribution in [0, 0.1) is 0 Å². The maximum absolute atomic E-state index is 9.55. The van der Waals surface area contributed by atoms with Gasteiger partial charge in [-0.05, 0) is 30.3 Å². The van der Waals surface area contributed by atoms with E-state index in [1.807, 2.05) is 0 Å². The van der Waals surface area contributed by atoms with E-state index in [9.17, 15) is 10.2 Å². The van der Waals surface area contributed by atoms with E-state index in [-0.39, 0.29) is 16.5 Å². The minimum Gasteiger partial charge on any atom is -0.504 e. The second kappa shape index (κ2) is 4.65. The van der Waals surface area contributed by atoms with Crippen molar-refractivity contribution in [3.05, 3.63) is 45.4 Å². The van der Waals surface area contributed by atoms with Crippen molar-refractivity contribution in [1.29, 1.82) is 0 Å². The minimum absolute atomic E-state index is 0.0363. The van der Waals surface area contributed by atoms with Crippen molar-refractivity contribution in [1.82, 2.24) is 0 Å². The highest BCUT2D eigenvalue weighted by Crippen LogP contribution is 2.42. The fraction of sp³-hybridized carbons (Fsp3) is 0. The molecule has 0 spiro atoms. The molecule has 5 heteroatoms. The van der Waals surface area contributed by atoms with Crippen molar-refractivity contribution in [2.45, 2.75) is 0 Å². The van der Waals surface area contributed by atoms with Gasteiger partial charge in [-0.2, -0.15) is 0 Å². The second-order valence-corrected chi connectivity index (χ2v) is 4.64. The maximum Gasteiger partial charge on any atom is 0.177 e. The molecule has 0 heterocycles. The lowest BCUT2D eigenvalue weighted by Crippen LogP contribution is -1.83. The van der Waals surface area contributed by atoms with Crippen LogP contribution >= 0.6 is 34.8 Å². The van der Waals surface area contributed by atoms with Gasteiger partial charge in [0, 0.05) is 21.2 Å². The summed E-state index contributed by atoms with van der Waals surface area (Å²) in [5.74, 6) is -0.655. The average Bonchev–Trinajstić information content (AvgIpc) is 2.30. The zero-order valence-corrected chi connectivity index (χ0v) is 10.7. The molecular weight excluding hydrogens is 282 g/mol. The molecule has 0 aliphatic rings. The van der Waals surface area contributed by atoms with Gasteiger partial charge in [0.1, 0.15) is 0 Å². The quantitative estimate of drug-likeness (QED) is 0.745. The van der Waals surface area contributed by atoms with Gasteiger partial charge < -0.3 is 10.2 Å². The van der Waals surface area contributed by atoms with Crippen LogP contribution < -0.4 is 0 Å². The lowest BCUT2D eigenvalue weighted by Gasteiger charge is -2.09. The van der Waals surface area contributed by atoms with E-state index >= 15 is 0 Å². The summed E-state index contributed by atoms with van der Waals surface area (Å²) < 4.78 is 0. The molecular formula is C12H7Cl3O2. The molecule has 0 amide bonds. The Bertz CT molecular complexity index is 582. The van der Waals surface area contributed by atoms with Gasteiger partial charge in [0.2, 0.25) is 0 Å². The summed E-state index contributed by atoms with van der Waals surface area (Å²) in [4.78, 5) is 0. The molecule has 2 aromatic carbocycles. The third-order valence-corrected chi connectivity index (χ3v) is 3.26. The second-order valence-electron chi connectivity index (χ2n) is 3.42. The van der Waals surface area contributed by atoms with Crippen molar-refractivity contribution >= 4 is 34.8 Å². The van der Waals surface area contributed by atoms with Crippen LogP contribution in [0.25, 0.3) is 11.1 Å². The van der Waals surface area contributed by atoms with E-state index < -0.39 is 0 Å². The zero-order chi connectivity index (χ0) is 12.6. The van der Waals surface area contributed by atoms with Crippen LogP contribution in [0.3, 0.4) is 0 Å². The van der Waals surface area contributed by atoms with Crippen molar-refractivity contribution < 1.29 is 10.2 Å². The summed E-state index contributed by atoms with van der Waals surface area (Å²) in [5.41, 5.74) is 1.11. The van der Waals surface area contributed by atoms with Crippen molar-refractivity contribution in [3.63, 3.8) is 0 Å². The highest BCUT2D eigenvalue weighted by molar-refractivity contribution is 6.38. The number of hydrogen-bond donors (Lipinski definition) is 2. The Hall–Kier alpha value is -1.09. The number of benzene rings is 2. The first-order valence-corrected chi connectivity index (χ1v) is 5.80. The van der Waals surface area contributed by atoms with Crippen LogP contribution in [0.2, 0.25) is 15.1 Å². The van der Waals surface area contributed by atoms with Gasteiger partial charge in [0.15, 0.2) is 11.5 Å². The Morgan fingerprint density at radius 1 is 0.824 bits per heavy atom. The number of phenolic OH excluding ortho intramolecular Hbond substituents is 2. The largest absolute Gasteiger partial charge is 0.504 e. The topological polar surface area (TPSA) is 40.5 Å². The van der Waals surface area contributed by atoms with Crippen LogP contribution in [-0.4, -0.2) is 10.2 Å². The Morgan fingerprint density at radius 3 is 2.24 bits per heavy atom. The van der Waals surface area contributed by atoms with E-state index in [2.05, 4.69) is 0 Å². The number of rotatable bonds is 1. The average molecular weight is 290 g/mol. The normalized spacial score (nSPS) is 10.5. The molecule has 0 aliphatic carbocycles. The van der Waals surface area contributed by atoms with Gasteiger partial charge in [-0.1, -0.05) is 34.8 Å². The summed E-state index contributed by atoms with van der Waals surface area (Å²) in [6.07, 6.45) is 0. The molecule has 0 fully saturated rings. The summed E-state index contributed by atoms with van der Waals surface area (Å²) in [7, 11) is 0. The number of aromatic hydroxyl groups is 2. The van der Waals surface area contributed by atoms with Crippen LogP contribution in [0.5, 0.6) is 11.5 Å². The first-order chi connectivity index (χ1) is 8.00. The van der Waals surface area contributed by atoms with Gasteiger partial charge in [-0.25, -0.2) is 0 Å². The minimum atomic E-state index is -0.375. The fourth-order valence-corrected chi connectivity index (χ4v) is 2.12. The molecule has 0 radical (unpaired) electrons. The van der Waals surface area contributed by atoms with E-state index in [0.717, 1.165) is 0 Å². The molecule has 2 N–H and O–H groups in total. The number of halogens is 3. The molecule has 88 valence electrons. The van der Waals surface area contributed by atoms with E-state index in [1.165, 1.54) is 6.07 Å². The molecule has 2 rings (SSSR count). The van der Waals surface area contributed by atoms with Crippen molar-refractivity contribution in [2.75, 3.05) is 0 Å². The third-order valence-electron chi connectivity index (χ3n) is 2.31. The molecule has 0 saturated carbocycles. The van der Waals surface area contributed by atoms with Crippen LogP contribution in [0.4, 0.5) is 0 Å². The number of phenols is 2. The fourth-order valence-electron chi connectivity index (χ4n) is 1.47. The first-order valence-electron chi connectivity index (χ1n) is 4.66. The van der Waals surface area contributed by atoms with E-state index in [0.29, 0.717) is 21.2 Å². The zero-order valence-electron chi connectivity index (χ0n) is 8.42. The highest BCUT2D eigenvalue weighted by Gasteiger charge is 2.14. The Labute approximate surface area is 113 Å². The van der Waals surface area contributed by atoms with Gasteiger partial charge in [0.05, 0.1) is 5.02 Å². The molecule has 0 saturated heterocycles. The molecule has 0 aliphatic heterocycles. The van der Waals surface area contributed by atoms with Crippen molar-refractivity contribution in [3.8, 4) is 22.6 Å². The predicted octanol–water partition coefficient (Wildman–Crippen LogP) is 4.73. The molecule has 17 heavy (non-hydrogen) atoms. The Morgan fingerprint density at radius 2 is 1.53 bits per heavy atom. The summed E-state index contributed by atoms with van der Waals surface area (Å²) in [6, 6.07) is 7.84. The third kappa shape index (κ3) is 2.29.